The molecular weight excluding hydrogens is 212 g/mol. The second-order valence-corrected chi connectivity index (χ2v) is 4.44. The summed E-state index contributed by atoms with van der Waals surface area (Å²) in [5.74, 6) is 0.816. The van der Waals surface area contributed by atoms with Crippen molar-refractivity contribution in [3.8, 4) is 0 Å². The van der Waals surface area contributed by atoms with Crippen molar-refractivity contribution in [1.29, 1.82) is 0 Å². The van der Waals surface area contributed by atoms with E-state index in [4.69, 9.17) is 5.73 Å². The number of rotatable bonds is 4. The lowest BCUT2D eigenvalue weighted by Gasteiger charge is -2.21. The summed E-state index contributed by atoms with van der Waals surface area (Å²) in [5, 5.41) is 1.08. The zero-order valence-electron chi connectivity index (χ0n) is 9.71. The van der Waals surface area contributed by atoms with Crippen molar-refractivity contribution >= 4 is 16.9 Å². The van der Waals surface area contributed by atoms with Gasteiger partial charge in [-0.15, -0.1) is 0 Å². The summed E-state index contributed by atoms with van der Waals surface area (Å²) in [4.78, 5) is 11.3. The Morgan fingerprint density at radius 2 is 2.12 bits per heavy atom. The fraction of sp³-hybridized carbons (Fsp3) is 0.385. The topological polar surface area (TPSA) is 55.0 Å². The van der Waals surface area contributed by atoms with Crippen LogP contribution < -0.4 is 10.6 Å². The SMILES string of the molecule is NCCN(c1ncc2ccccc2n1)C1CC1. The summed E-state index contributed by atoms with van der Waals surface area (Å²) in [7, 11) is 0. The minimum absolute atomic E-state index is 0.597. The van der Waals surface area contributed by atoms with Gasteiger partial charge >= 0.3 is 0 Å². The quantitative estimate of drug-likeness (QED) is 0.862. The predicted molar refractivity (Wildman–Crippen MR) is 69.0 cm³/mol. The number of hydrogen-bond donors (Lipinski definition) is 1. The van der Waals surface area contributed by atoms with E-state index in [2.05, 4.69) is 14.9 Å². The molecule has 0 atom stereocenters. The van der Waals surface area contributed by atoms with Crippen molar-refractivity contribution in [3.63, 3.8) is 0 Å². The van der Waals surface area contributed by atoms with Crippen molar-refractivity contribution < 1.29 is 0 Å². The Morgan fingerprint density at radius 3 is 2.88 bits per heavy atom. The first-order chi connectivity index (χ1) is 8.38. The largest absolute Gasteiger partial charge is 0.337 e. The highest BCUT2D eigenvalue weighted by molar-refractivity contribution is 5.78. The zero-order chi connectivity index (χ0) is 11.7. The third-order valence-electron chi connectivity index (χ3n) is 3.09. The molecule has 3 rings (SSSR count). The first-order valence-electron chi connectivity index (χ1n) is 6.07. The van der Waals surface area contributed by atoms with Crippen LogP contribution in [0, 0.1) is 0 Å². The maximum Gasteiger partial charge on any atom is 0.226 e. The van der Waals surface area contributed by atoms with Crippen LogP contribution >= 0.6 is 0 Å². The van der Waals surface area contributed by atoms with E-state index in [1.54, 1.807) is 0 Å². The minimum Gasteiger partial charge on any atom is -0.337 e. The van der Waals surface area contributed by atoms with E-state index in [0.29, 0.717) is 12.6 Å². The summed E-state index contributed by atoms with van der Waals surface area (Å²) < 4.78 is 0. The Bertz CT molecular complexity index is 522. The van der Waals surface area contributed by atoms with Gasteiger partial charge in [-0.2, -0.15) is 0 Å². The highest BCUT2D eigenvalue weighted by Crippen LogP contribution is 2.29. The number of nitrogens with zero attached hydrogens (tertiary/aromatic N) is 3. The summed E-state index contributed by atoms with van der Waals surface area (Å²) in [6.45, 7) is 1.48. The van der Waals surface area contributed by atoms with Crippen LogP contribution in [0.2, 0.25) is 0 Å². The molecule has 2 aromatic rings. The van der Waals surface area contributed by atoms with Crippen LogP contribution in [0.25, 0.3) is 10.9 Å². The highest BCUT2D eigenvalue weighted by Gasteiger charge is 2.30. The molecule has 0 spiro atoms. The summed E-state index contributed by atoms with van der Waals surface area (Å²) in [5.41, 5.74) is 6.65. The normalized spacial score (nSPS) is 15.1. The van der Waals surface area contributed by atoms with Gasteiger partial charge < -0.3 is 10.6 Å². The molecular formula is C13H16N4. The van der Waals surface area contributed by atoms with Crippen LogP contribution in [0.5, 0.6) is 0 Å². The molecule has 0 aliphatic heterocycles. The maximum absolute atomic E-state index is 5.65. The summed E-state index contributed by atoms with van der Waals surface area (Å²) in [6, 6.07) is 8.66. The van der Waals surface area contributed by atoms with Crippen molar-refractivity contribution in [1.82, 2.24) is 9.97 Å². The molecule has 1 heterocycles. The molecule has 2 N–H and O–H groups in total. The molecule has 0 unspecified atom stereocenters. The van der Waals surface area contributed by atoms with Crippen LogP contribution in [0.15, 0.2) is 30.5 Å². The van der Waals surface area contributed by atoms with Gasteiger partial charge in [0.2, 0.25) is 5.95 Å². The van der Waals surface area contributed by atoms with Gasteiger partial charge in [0.05, 0.1) is 5.52 Å². The minimum atomic E-state index is 0.597. The second-order valence-electron chi connectivity index (χ2n) is 4.44. The molecule has 1 fully saturated rings. The first-order valence-corrected chi connectivity index (χ1v) is 6.07. The molecule has 1 aliphatic rings. The van der Waals surface area contributed by atoms with Gasteiger partial charge in [-0.25, -0.2) is 9.97 Å². The number of aromatic nitrogens is 2. The van der Waals surface area contributed by atoms with Gasteiger partial charge in [-0.1, -0.05) is 18.2 Å². The zero-order valence-corrected chi connectivity index (χ0v) is 9.71. The summed E-state index contributed by atoms with van der Waals surface area (Å²) >= 11 is 0. The fourth-order valence-electron chi connectivity index (χ4n) is 2.07. The third kappa shape index (κ3) is 2.08. The van der Waals surface area contributed by atoms with E-state index < -0.39 is 0 Å². The molecule has 88 valence electrons. The number of hydrogen-bond acceptors (Lipinski definition) is 4. The van der Waals surface area contributed by atoms with Crippen molar-refractivity contribution in [3.05, 3.63) is 30.5 Å². The highest BCUT2D eigenvalue weighted by atomic mass is 15.3. The first kappa shape index (κ1) is 10.5. The maximum atomic E-state index is 5.65. The molecule has 1 saturated carbocycles. The lowest BCUT2D eigenvalue weighted by atomic mass is 10.2. The molecule has 1 aromatic carbocycles. The average Bonchev–Trinajstić information content (AvgIpc) is 3.20. The molecule has 0 bridgehead atoms. The summed E-state index contributed by atoms with van der Waals surface area (Å²) in [6.07, 6.45) is 4.36. The van der Waals surface area contributed by atoms with Gasteiger partial charge in [0, 0.05) is 30.7 Å². The van der Waals surface area contributed by atoms with E-state index >= 15 is 0 Å². The molecule has 17 heavy (non-hydrogen) atoms. The Morgan fingerprint density at radius 1 is 1.29 bits per heavy atom. The number of fused-ring (bicyclic) bond motifs is 1. The monoisotopic (exact) mass is 228 g/mol. The van der Waals surface area contributed by atoms with Crippen LogP contribution in [0.4, 0.5) is 5.95 Å². The lowest BCUT2D eigenvalue weighted by molar-refractivity contribution is 0.757. The van der Waals surface area contributed by atoms with Gasteiger partial charge in [0.15, 0.2) is 0 Å². The van der Waals surface area contributed by atoms with E-state index in [9.17, 15) is 0 Å². The van der Waals surface area contributed by atoms with E-state index in [1.165, 1.54) is 12.8 Å². The van der Waals surface area contributed by atoms with Gasteiger partial charge in [-0.3, -0.25) is 0 Å². The molecule has 1 aromatic heterocycles. The molecule has 0 radical (unpaired) electrons. The van der Waals surface area contributed by atoms with E-state index in [1.807, 2.05) is 30.5 Å². The van der Waals surface area contributed by atoms with E-state index in [0.717, 1.165) is 23.4 Å². The lowest BCUT2D eigenvalue weighted by Crippen LogP contribution is -2.32. The number of nitrogens with two attached hydrogens (primary N) is 1. The molecule has 4 nitrogen and oxygen atoms in total. The standard InChI is InChI=1S/C13H16N4/c14-7-8-17(11-5-6-11)13-15-9-10-3-1-2-4-12(10)16-13/h1-4,9,11H,5-8,14H2. The molecule has 4 heteroatoms. The Labute approximate surface area is 100 Å². The van der Waals surface area contributed by atoms with E-state index in [-0.39, 0.29) is 0 Å². The number of para-hydroxylation sites is 1. The van der Waals surface area contributed by atoms with Crippen LogP contribution in [-0.4, -0.2) is 29.1 Å². The van der Waals surface area contributed by atoms with Gasteiger partial charge in [0.1, 0.15) is 0 Å². The van der Waals surface area contributed by atoms with Crippen LogP contribution in [-0.2, 0) is 0 Å². The average molecular weight is 228 g/mol. The number of anilines is 1. The number of benzene rings is 1. The molecule has 0 amide bonds. The second kappa shape index (κ2) is 4.30. The Kier molecular flexibility index (Phi) is 2.65. The molecule has 0 saturated heterocycles. The van der Waals surface area contributed by atoms with Gasteiger partial charge in [0.25, 0.3) is 0 Å². The van der Waals surface area contributed by atoms with Crippen molar-refractivity contribution in [2.75, 3.05) is 18.0 Å². The van der Waals surface area contributed by atoms with Gasteiger partial charge in [-0.05, 0) is 18.9 Å². The Hall–Kier alpha value is -1.68. The molecule has 1 aliphatic carbocycles. The predicted octanol–water partition coefficient (Wildman–Crippen LogP) is 1.56. The smallest absolute Gasteiger partial charge is 0.226 e. The van der Waals surface area contributed by atoms with Crippen molar-refractivity contribution in [2.45, 2.75) is 18.9 Å². The third-order valence-corrected chi connectivity index (χ3v) is 3.09. The van der Waals surface area contributed by atoms with Crippen LogP contribution in [0.3, 0.4) is 0 Å². The fourth-order valence-corrected chi connectivity index (χ4v) is 2.07. The van der Waals surface area contributed by atoms with Crippen LogP contribution in [0.1, 0.15) is 12.8 Å². The Balaban J connectivity index is 1.97. The van der Waals surface area contributed by atoms with Crippen molar-refractivity contribution in [2.24, 2.45) is 5.73 Å².